The van der Waals surface area contributed by atoms with Gasteiger partial charge in [0.2, 0.25) is 0 Å². The molecule has 2 atom stereocenters. The Labute approximate surface area is 133 Å². The highest BCUT2D eigenvalue weighted by molar-refractivity contribution is 6.42. The fourth-order valence-corrected chi connectivity index (χ4v) is 3.40. The smallest absolute Gasteiger partial charge is 0.0678 e. The Balaban J connectivity index is 2.53. The van der Waals surface area contributed by atoms with Gasteiger partial charge in [-0.3, -0.25) is 0 Å². The topological polar surface area (TPSA) is 3.24 Å². The van der Waals surface area contributed by atoms with Crippen LogP contribution in [-0.2, 0) is 0 Å². The second kappa shape index (κ2) is 5.97. The largest absolute Gasteiger partial charge is 0.376 e. The van der Waals surface area contributed by atoms with Crippen molar-refractivity contribution in [1.82, 2.24) is 0 Å². The van der Waals surface area contributed by atoms with Crippen molar-refractivity contribution in [3.05, 3.63) is 51.0 Å². The third kappa shape index (κ3) is 2.90. The SMILES string of the molecule is CN(C)c1cccc(C2C(Cl)=C(Cl)C=CC2Cl)c1Cl. The van der Waals surface area contributed by atoms with E-state index in [1.54, 1.807) is 6.08 Å². The van der Waals surface area contributed by atoms with E-state index in [0.717, 1.165) is 11.3 Å². The Morgan fingerprint density at radius 2 is 1.79 bits per heavy atom. The summed E-state index contributed by atoms with van der Waals surface area (Å²) in [5.41, 5.74) is 1.82. The Morgan fingerprint density at radius 1 is 1.11 bits per heavy atom. The van der Waals surface area contributed by atoms with E-state index in [0.29, 0.717) is 15.1 Å². The highest BCUT2D eigenvalue weighted by Crippen LogP contribution is 2.44. The number of alkyl halides is 1. The molecule has 0 saturated heterocycles. The lowest BCUT2D eigenvalue weighted by molar-refractivity contribution is 0.841. The van der Waals surface area contributed by atoms with Gasteiger partial charge in [-0.1, -0.05) is 53.0 Å². The molecule has 19 heavy (non-hydrogen) atoms. The van der Waals surface area contributed by atoms with Crippen LogP contribution in [0.2, 0.25) is 5.02 Å². The fraction of sp³-hybridized carbons (Fsp3) is 0.286. The fourth-order valence-electron chi connectivity index (χ4n) is 2.09. The summed E-state index contributed by atoms with van der Waals surface area (Å²) in [5.74, 6) is -0.215. The number of anilines is 1. The van der Waals surface area contributed by atoms with E-state index in [1.807, 2.05) is 43.3 Å². The van der Waals surface area contributed by atoms with Crippen LogP contribution in [0.5, 0.6) is 0 Å². The van der Waals surface area contributed by atoms with Crippen molar-refractivity contribution in [3.8, 4) is 0 Å². The lowest BCUT2D eigenvalue weighted by Gasteiger charge is -2.26. The first-order chi connectivity index (χ1) is 8.93. The minimum atomic E-state index is -0.259. The van der Waals surface area contributed by atoms with E-state index >= 15 is 0 Å². The van der Waals surface area contributed by atoms with Gasteiger partial charge in [-0.15, -0.1) is 11.6 Å². The van der Waals surface area contributed by atoms with E-state index in [4.69, 9.17) is 46.4 Å². The Hall–Kier alpha value is -0.340. The number of nitrogens with zero attached hydrogens (tertiary/aromatic N) is 1. The lowest BCUT2D eigenvalue weighted by atomic mass is 9.91. The first-order valence-electron chi connectivity index (χ1n) is 5.76. The Morgan fingerprint density at radius 3 is 2.42 bits per heavy atom. The number of hydrogen-bond donors (Lipinski definition) is 0. The molecule has 0 radical (unpaired) electrons. The van der Waals surface area contributed by atoms with Crippen LogP contribution in [0.4, 0.5) is 5.69 Å². The first kappa shape index (κ1) is 15.1. The molecule has 1 aliphatic rings. The average molecular weight is 337 g/mol. The molecule has 1 aromatic carbocycles. The maximum Gasteiger partial charge on any atom is 0.0678 e. The van der Waals surface area contributed by atoms with Crippen LogP contribution in [0.15, 0.2) is 40.4 Å². The van der Waals surface area contributed by atoms with E-state index < -0.39 is 0 Å². The summed E-state index contributed by atoms with van der Waals surface area (Å²) in [6, 6.07) is 5.82. The quantitative estimate of drug-likeness (QED) is 0.657. The van der Waals surface area contributed by atoms with E-state index in [1.165, 1.54) is 0 Å². The van der Waals surface area contributed by atoms with Crippen LogP contribution < -0.4 is 4.90 Å². The van der Waals surface area contributed by atoms with E-state index in [2.05, 4.69) is 0 Å². The number of rotatable bonds is 2. The van der Waals surface area contributed by atoms with Crippen LogP contribution in [-0.4, -0.2) is 19.5 Å². The van der Waals surface area contributed by atoms with Gasteiger partial charge in [0, 0.05) is 25.0 Å². The van der Waals surface area contributed by atoms with Crippen molar-refractivity contribution in [3.63, 3.8) is 0 Å². The van der Waals surface area contributed by atoms with E-state index in [-0.39, 0.29) is 11.3 Å². The summed E-state index contributed by atoms with van der Waals surface area (Å²) in [6.07, 6.45) is 3.56. The molecule has 2 unspecified atom stereocenters. The second-order valence-corrected chi connectivity index (χ2v) is 6.25. The molecular formula is C14H13Cl4N. The molecule has 0 aromatic heterocycles. The van der Waals surface area contributed by atoms with Crippen molar-refractivity contribution in [1.29, 1.82) is 0 Å². The van der Waals surface area contributed by atoms with Gasteiger partial charge in [-0.2, -0.15) is 0 Å². The van der Waals surface area contributed by atoms with Gasteiger partial charge < -0.3 is 4.90 Å². The molecule has 0 spiro atoms. The minimum absolute atomic E-state index is 0.215. The summed E-state index contributed by atoms with van der Waals surface area (Å²) in [5, 5.41) is 1.43. The zero-order valence-corrected chi connectivity index (χ0v) is 13.5. The van der Waals surface area contributed by atoms with Crippen LogP contribution in [0.1, 0.15) is 11.5 Å². The zero-order chi connectivity index (χ0) is 14.2. The van der Waals surface area contributed by atoms with E-state index in [9.17, 15) is 0 Å². The number of allylic oxidation sites excluding steroid dienone is 4. The standard InChI is InChI=1S/C14H13Cl4N/c1-19(2)11-5-3-4-8(13(11)17)12-9(15)6-7-10(16)14(12)18/h3-7,9,12H,1-2H3. The summed E-state index contributed by atoms with van der Waals surface area (Å²) >= 11 is 25.2. The Bertz CT molecular complexity index is 548. The second-order valence-electron chi connectivity index (χ2n) is 4.55. The van der Waals surface area contributed by atoms with Gasteiger partial charge in [0.1, 0.15) is 0 Å². The summed E-state index contributed by atoms with van der Waals surface area (Å²) in [6.45, 7) is 0. The van der Waals surface area contributed by atoms with Crippen molar-refractivity contribution in [2.45, 2.75) is 11.3 Å². The summed E-state index contributed by atoms with van der Waals surface area (Å²) in [4.78, 5) is 1.95. The minimum Gasteiger partial charge on any atom is -0.376 e. The zero-order valence-electron chi connectivity index (χ0n) is 10.5. The molecule has 2 rings (SSSR count). The highest BCUT2D eigenvalue weighted by Gasteiger charge is 2.29. The first-order valence-corrected chi connectivity index (χ1v) is 7.33. The van der Waals surface area contributed by atoms with Crippen molar-refractivity contribution in [2.24, 2.45) is 0 Å². The van der Waals surface area contributed by atoms with Crippen LogP contribution in [0.25, 0.3) is 0 Å². The molecular weight excluding hydrogens is 324 g/mol. The lowest BCUT2D eigenvalue weighted by Crippen LogP contribution is -2.17. The monoisotopic (exact) mass is 335 g/mol. The number of halogens is 4. The molecule has 0 saturated carbocycles. The molecule has 5 heteroatoms. The number of hydrogen-bond acceptors (Lipinski definition) is 1. The third-order valence-corrected chi connectivity index (χ3v) is 4.75. The molecule has 102 valence electrons. The molecule has 1 aromatic rings. The maximum absolute atomic E-state index is 6.47. The van der Waals surface area contributed by atoms with Gasteiger partial charge >= 0.3 is 0 Å². The van der Waals surface area contributed by atoms with Crippen molar-refractivity contribution >= 4 is 52.1 Å². The summed E-state index contributed by atoms with van der Waals surface area (Å²) < 4.78 is 0. The van der Waals surface area contributed by atoms with Gasteiger partial charge in [0.25, 0.3) is 0 Å². The maximum atomic E-state index is 6.47. The van der Waals surface area contributed by atoms with Crippen LogP contribution in [0.3, 0.4) is 0 Å². The van der Waals surface area contributed by atoms with Gasteiger partial charge in [-0.25, -0.2) is 0 Å². The van der Waals surface area contributed by atoms with Gasteiger partial charge in [0.15, 0.2) is 0 Å². The normalized spacial score (nSPS) is 22.8. The molecule has 0 amide bonds. The number of benzene rings is 1. The molecule has 0 bridgehead atoms. The Kier molecular flexibility index (Phi) is 4.73. The highest BCUT2D eigenvalue weighted by atomic mass is 35.5. The molecule has 1 nitrogen and oxygen atoms in total. The molecule has 0 N–H and O–H groups in total. The molecule has 0 fully saturated rings. The molecule has 0 heterocycles. The predicted molar refractivity (Wildman–Crippen MR) is 86.0 cm³/mol. The van der Waals surface area contributed by atoms with Crippen LogP contribution in [0, 0.1) is 0 Å². The van der Waals surface area contributed by atoms with Crippen LogP contribution >= 0.6 is 46.4 Å². The van der Waals surface area contributed by atoms with Gasteiger partial charge in [0.05, 0.1) is 21.1 Å². The molecule has 0 aliphatic heterocycles. The van der Waals surface area contributed by atoms with Gasteiger partial charge in [-0.05, 0) is 17.7 Å². The average Bonchev–Trinajstić information content (AvgIpc) is 2.36. The summed E-state index contributed by atoms with van der Waals surface area (Å²) in [7, 11) is 3.88. The third-order valence-electron chi connectivity index (χ3n) is 3.07. The van der Waals surface area contributed by atoms with Crippen molar-refractivity contribution < 1.29 is 0 Å². The van der Waals surface area contributed by atoms with Crippen molar-refractivity contribution in [2.75, 3.05) is 19.0 Å². The predicted octanol–water partition coefficient (Wildman–Crippen LogP) is 5.36. The molecule has 1 aliphatic carbocycles.